The number of hydrogen-bond donors (Lipinski definition) is 1. The summed E-state index contributed by atoms with van der Waals surface area (Å²) in [6, 6.07) is 0. The van der Waals surface area contributed by atoms with Gasteiger partial charge in [0, 0.05) is 6.10 Å². The fourth-order valence-corrected chi connectivity index (χ4v) is 2.93. The standard InChI is InChI=1S/C12H23BO2/c14-13(11-7-3-1-4-8-11)15-12-9-5-2-6-10-12/h11-12,14H,1-10H2. The summed E-state index contributed by atoms with van der Waals surface area (Å²) in [7, 11) is -0.478. The van der Waals surface area contributed by atoms with Crippen LogP contribution in [0.15, 0.2) is 0 Å². The number of rotatable bonds is 3. The molecule has 0 unspecified atom stereocenters. The smallest absolute Gasteiger partial charge is 0.427 e. The Morgan fingerprint density at radius 3 is 1.93 bits per heavy atom. The zero-order chi connectivity index (χ0) is 10.5. The van der Waals surface area contributed by atoms with E-state index in [2.05, 4.69) is 0 Å². The molecule has 2 nitrogen and oxygen atoms in total. The summed E-state index contributed by atoms with van der Waals surface area (Å²) in [6.45, 7) is 0. The lowest BCUT2D eigenvalue weighted by atomic mass is 9.64. The molecule has 0 aromatic rings. The van der Waals surface area contributed by atoms with E-state index in [0.717, 1.165) is 25.7 Å². The third-order valence-electron chi connectivity index (χ3n) is 3.94. The maximum absolute atomic E-state index is 10.0. The van der Waals surface area contributed by atoms with Crippen LogP contribution in [0.4, 0.5) is 0 Å². The summed E-state index contributed by atoms with van der Waals surface area (Å²) >= 11 is 0. The van der Waals surface area contributed by atoms with Crippen LogP contribution in [0.25, 0.3) is 0 Å². The minimum atomic E-state index is -0.478. The summed E-state index contributed by atoms with van der Waals surface area (Å²) in [5.74, 6) is 0.417. The first kappa shape index (κ1) is 11.5. The SMILES string of the molecule is OB(OC1CCCCC1)C1CCCCC1. The summed E-state index contributed by atoms with van der Waals surface area (Å²) in [6.07, 6.45) is 12.8. The van der Waals surface area contributed by atoms with Gasteiger partial charge in [0.25, 0.3) is 0 Å². The van der Waals surface area contributed by atoms with Gasteiger partial charge in [0.05, 0.1) is 0 Å². The lowest BCUT2D eigenvalue weighted by Gasteiger charge is -2.28. The van der Waals surface area contributed by atoms with Crippen molar-refractivity contribution in [3.63, 3.8) is 0 Å². The van der Waals surface area contributed by atoms with Crippen molar-refractivity contribution < 1.29 is 9.68 Å². The zero-order valence-electron chi connectivity index (χ0n) is 9.66. The maximum atomic E-state index is 10.0. The second kappa shape index (κ2) is 5.90. The monoisotopic (exact) mass is 210 g/mol. The molecule has 0 aromatic carbocycles. The molecule has 0 bridgehead atoms. The van der Waals surface area contributed by atoms with E-state index in [-0.39, 0.29) is 0 Å². The van der Waals surface area contributed by atoms with E-state index in [4.69, 9.17) is 4.65 Å². The van der Waals surface area contributed by atoms with Crippen LogP contribution in [0.5, 0.6) is 0 Å². The Morgan fingerprint density at radius 2 is 1.33 bits per heavy atom. The third kappa shape index (κ3) is 3.49. The minimum Gasteiger partial charge on any atom is -0.427 e. The van der Waals surface area contributed by atoms with Gasteiger partial charge in [0.15, 0.2) is 0 Å². The van der Waals surface area contributed by atoms with Crippen molar-refractivity contribution in [3.8, 4) is 0 Å². The van der Waals surface area contributed by atoms with Crippen LogP contribution in [-0.2, 0) is 4.65 Å². The Kier molecular flexibility index (Phi) is 4.51. The molecule has 1 N–H and O–H groups in total. The van der Waals surface area contributed by atoms with E-state index < -0.39 is 7.12 Å². The first-order valence-corrected chi connectivity index (χ1v) is 6.70. The van der Waals surface area contributed by atoms with Gasteiger partial charge in [-0.1, -0.05) is 51.4 Å². The second-order valence-electron chi connectivity index (χ2n) is 5.18. The van der Waals surface area contributed by atoms with Gasteiger partial charge in [0.2, 0.25) is 0 Å². The van der Waals surface area contributed by atoms with Crippen LogP contribution in [0.2, 0.25) is 5.82 Å². The van der Waals surface area contributed by atoms with Gasteiger partial charge in [-0.2, -0.15) is 0 Å². The topological polar surface area (TPSA) is 29.5 Å². The van der Waals surface area contributed by atoms with Crippen LogP contribution < -0.4 is 0 Å². The van der Waals surface area contributed by atoms with Crippen molar-refractivity contribution in [2.45, 2.75) is 76.1 Å². The lowest BCUT2D eigenvalue weighted by molar-refractivity contribution is 0.119. The molecule has 0 amide bonds. The summed E-state index contributed by atoms with van der Waals surface area (Å²) in [5, 5.41) is 10.0. The van der Waals surface area contributed by atoms with E-state index in [1.54, 1.807) is 0 Å². The van der Waals surface area contributed by atoms with Crippen molar-refractivity contribution in [1.29, 1.82) is 0 Å². The van der Waals surface area contributed by atoms with Gasteiger partial charge in [-0.25, -0.2) is 0 Å². The van der Waals surface area contributed by atoms with E-state index in [1.165, 1.54) is 38.5 Å². The predicted molar refractivity (Wildman–Crippen MR) is 62.8 cm³/mol. The highest BCUT2D eigenvalue weighted by molar-refractivity contribution is 6.44. The van der Waals surface area contributed by atoms with Crippen molar-refractivity contribution in [3.05, 3.63) is 0 Å². The van der Waals surface area contributed by atoms with Crippen LogP contribution >= 0.6 is 0 Å². The first-order valence-electron chi connectivity index (χ1n) is 6.70. The molecule has 2 rings (SSSR count). The zero-order valence-corrected chi connectivity index (χ0v) is 9.66. The van der Waals surface area contributed by atoms with Crippen molar-refractivity contribution in [2.24, 2.45) is 0 Å². The normalized spacial score (nSPS) is 25.4. The second-order valence-corrected chi connectivity index (χ2v) is 5.18. The molecule has 2 fully saturated rings. The average Bonchev–Trinajstić information content (AvgIpc) is 2.31. The molecular formula is C12H23BO2. The first-order chi connectivity index (χ1) is 7.36. The van der Waals surface area contributed by atoms with Crippen molar-refractivity contribution >= 4 is 7.12 Å². The molecule has 0 saturated heterocycles. The third-order valence-corrected chi connectivity index (χ3v) is 3.94. The van der Waals surface area contributed by atoms with E-state index >= 15 is 0 Å². The van der Waals surface area contributed by atoms with Gasteiger partial charge in [-0.15, -0.1) is 0 Å². The molecule has 0 aromatic heterocycles. The highest BCUT2D eigenvalue weighted by atomic mass is 16.5. The van der Waals surface area contributed by atoms with Crippen LogP contribution in [0, 0.1) is 0 Å². The molecule has 0 radical (unpaired) electrons. The van der Waals surface area contributed by atoms with Crippen molar-refractivity contribution in [1.82, 2.24) is 0 Å². The van der Waals surface area contributed by atoms with Gasteiger partial charge in [-0.3, -0.25) is 0 Å². The molecule has 86 valence electrons. The molecule has 2 saturated carbocycles. The molecular weight excluding hydrogens is 187 g/mol. The van der Waals surface area contributed by atoms with Gasteiger partial charge >= 0.3 is 7.12 Å². The average molecular weight is 210 g/mol. The predicted octanol–water partition coefficient (Wildman–Crippen LogP) is 3.15. The molecule has 15 heavy (non-hydrogen) atoms. The van der Waals surface area contributed by atoms with Crippen molar-refractivity contribution in [2.75, 3.05) is 0 Å². The molecule has 0 heterocycles. The largest absolute Gasteiger partial charge is 0.457 e. The Balaban J connectivity index is 1.72. The Bertz CT molecular complexity index is 174. The number of hydrogen-bond acceptors (Lipinski definition) is 2. The van der Waals surface area contributed by atoms with Gasteiger partial charge < -0.3 is 9.68 Å². The summed E-state index contributed by atoms with van der Waals surface area (Å²) in [5.41, 5.74) is 0. The summed E-state index contributed by atoms with van der Waals surface area (Å²) in [4.78, 5) is 0. The van der Waals surface area contributed by atoms with Gasteiger partial charge in [0.1, 0.15) is 0 Å². The lowest BCUT2D eigenvalue weighted by Crippen LogP contribution is -2.32. The molecule has 2 aliphatic carbocycles. The van der Waals surface area contributed by atoms with Gasteiger partial charge in [-0.05, 0) is 18.7 Å². The van der Waals surface area contributed by atoms with Crippen LogP contribution in [0.1, 0.15) is 64.2 Å². The molecule has 0 atom stereocenters. The fourth-order valence-electron chi connectivity index (χ4n) is 2.93. The van der Waals surface area contributed by atoms with Crippen LogP contribution in [0.3, 0.4) is 0 Å². The molecule has 0 spiro atoms. The highest BCUT2D eigenvalue weighted by Gasteiger charge is 2.30. The fraction of sp³-hybridized carbons (Fsp3) is 1.00. The van der Waals surface area contributed by atoms with E-state index in [1.807, 2.05) is 0 Å². The summed E-state index contributed by atoms with van der Waals surface area (Å²) < 4.78 is 5.79. The molecule has 0 aliphatic heterocycles. The van der Waals surface area contributed by atoms with E-state index in [9.17, 15) is 5.02 Å². The van der Waals surface area contributed by atoms with E-state index in [0.29, 0.717) is 11.9 Å². The molecule has 2 aliphatic rings. The molecule has 3 heteroatoms. The quantitative estimate of drug-likeness (QED) is 0.725. The Morgan fingerprint density at radius 1 is 0.800 bits per heavy atom. The minimum absolute atomic E-state index is 0.343. The van der Waals surface area contributed by atoms with Crippen LogP contribution in [-0.4, -0.2) is 18.2 Å². The highest BCUT2D eigenvalue weighted by Crippen LogP contribution is 2.32. The Hall–Kier alpha value is -0.0151. The maximum Gasteiger partial charge on any atom is 0.457 e. The Labute approximate surface area is 93.5 Å².